The van der Waals surface area contributed by atoms with Gasteiger partial charge in [-0.15, -0.1) is 11.3 Å². The molecule has 0 aliphatic rings. The van der Waals surface area contributed by atoms with Gasteiger partial charge < -0.3 is 9.84 Å². The predicted molar refractivity (Wildman–Crippen MR) is 99.1 cm³/mol. The van der Waals surface area contributed by atoms with E-state index >= 15 is 0 Å². The van der Waals surface area contributed by atoms with Crippen molar-refractivity contribution in [2.75, 3.05) is 7.11 Å². The van der Waals surface area contributed by atoms with Crippen molar-refractivity contribution in [1.29, 1.82) is 0 Å². The molecule has 0 atom stereocenters. The van der Waals surface area contributed by atoms with Crippen LogP contribution in [-0.2, 0) is 17.9 Å². The second-order valence-corrected chi connectivity index (χ2v) is 6.89. The fourth-order valence-electron chi connectivity index (χ4n) is 3.00. The van der Waals surface area contributed by atoms with E-state index < -0.39 is 5.97 Å². The third-order valence-electron chi connectivity index (χ3n) is 4.15. The summed E-state index contributed by atoms with van der Waals surface area (Å²) in [5.41, 5.74) is 1.77. The van der Waals surface area contributed by atoms with Gasteiger partial charge in [-0.25, -0.2) is 9.78 Å². The highest BCUT2D eigenvalue weighted by atomic mass is 32.1. The first-order valence-corrected chi connectivity index (χ1v) is 8.72. The molecule has 0 amide bonds. The molecule has 4 aromatic rings. The Morgan fingerprint density at radius 2 is 1.92 bits per heavy atom. The molecule has 7 nitrogen and oxygen atoms in total. The molecule has 0 aliphatic carbocycles. The Hall–Kier alpha value is -3.13. The first kappa shape index (κ1) is 16.3. The SMILES string of the molecule is COc1ccc2nc(Cn3c(=O)n(CC(=O)O)c4ccccc43)sc2c1. The number of hydrogen-bond acceptors (Lipinski definition) is 5. The number of ether oxygens (including phenoxy) is 1. The van der Waals surface area contributed by atoms with Crippen LogP contribution in [0.2, 0.25) is 0 Å². The van der Waals surface area contributed by atoms with Crippen LogP contribution in [0.15, 0.2) is 47.3 Å². The number of aliphatic carboxylic acids is 1. The summed E-state index contributed by atoms with van der Waals surface area (Å²) in [6.45, 7) is -0.0863. The number of para-hydroxylation sites is 2. The van der Waals surface area contributed by atoms with Gasteiger partial charge in [0.05, 0.1) is 34.9 Å². The molecule has 0 aliphatic heterocycles. The minimum atomic E-state index is -1.05. The normalized spacial score (nSPS) is 11.3. The summed E-state index contributed by atoms with van der Waals surface area (Å²) < 4.78 is 9.04. The molecule has 26 heavy (non-hydrogen) atoms. The van der Waals surface area contributed by atoms with Crippen molar-refractivity contribution in [2.45, 2.75) is 13.1 Å². The molecule has 0 fully saturated rings. The minimum absolute atomic E-state index is 0.285. The van der Waals surface area contributed by atoms with Crippen LogP contribution in [0.3, 0.4) is 0 Å². The molecular weight excluding hydrogens is 354 g/mol. The van der Waals surface area contributed by atoms with E-state index in [0.717, 1.165) is 21.0 Å². The van der Waals surface area contributed by atoms with E-state index in [4.69, 9.17) is 9.84 Å². The molecule has 0 spiro atoms. The van der Waals surface area contributed by atoms with E-state index in [1.807, 2.05) is 30.3 Å². The van der Waals surface area contributed by atoms with Crippen molar-refractivity contribution < 1.29 is 14.6 Å². The van der Waals surface area contributed by atoms with Crippen LogP contribution in [0, 0.1) is 0 Å². The Morgan fingerprint density at radius 3 is 2.62 bits per heavy atom. The standard InChI is InChI=1S/C18H15N3O4S/c1-25-11-6-7-12-15(8-11)26-16(19-12)9-20-13-4-2-3-5-14(13)21(18(20)24)10-17(22)23/h2-8H,9-10H2,1H3,(H,22,23). The van der Waals surface area contributed by atoms with Crippen LogP contribution in [0.4, 0.5) is 0 Å². The summed E-state index contributed by atoms with van der Waals surface area (Å²) >= 11 is 1.49. The number of carbonyl (C=O) groups is 1. The number of methoxy groups -OCH3 is 1. The molecule has 1 N–H and O–H groups in total. The molecular formula is C18H15N3O4S. The second kappa shape index (κ2) is 6.30. The van der Waals surface area contributed by atoms with Crippen LogP contribution in [0.5, 0.6) is 5.75 Å². The predicted octanol–water partition coefficient (Wildman–Crippen LogP) is 2.55. The molecule has 0 saturated carbocycles. The zero-order valence-corrected chi connectivity index (χ0v) is 14.7. The quantitative estimate of drug-likeness (QED) is 0.584. The van der Waals surface area contributed by atoms with Crippen molar-refractivity contribution in [1.82, 2.24) is 14.1 Å². The zero-order valence-electron chi connectivity index (χ0n) is 13.9. The van der Waals surface area contributed by atoms with Crippen molar-refractivity contribution in [3.8, 4) is 5.75 Å². The molecule has 132 valence electrons. The van der Waals surface area contributed by atoms with Crippen LogP contribution in [-0.4, -0.2) is 32.3 Å². The lowest BCUT2D eigenvalue weighted by Gasteiger charge is -1.99. The summed E-state index contributed by atoms with van der Waals surface area (Å²) in [6.07, 6.45) is 0. The van der Waals surface area contributed by atoms with Crippen LogP contribution >= 0.6 is 11.3 Å². The lowest BCUT2D eigenvalue weighted by molar-refractivity contribution is -0.137. The third-order valence-corrected chi connectivity index (χ3v) is 5.15. The van der Waals surface area contributed by atoms with Crippen molar-refractivity contribution in [3.05, 3.63) is 58.0 Å². The Morgan fingerprint density at radius 1 is 1.19 bits per heavy atom. The van der Waals surface area contributed by atoms with E-state index in [-0.39, 0.29) is 18.8 Å². The van der Waals surface area contributed by atoms with Gasteiger partial charge in [0.1, 0.15) is 17.3 Å². The number of carboxylic acid groups (broad SMARTS) is 1. The second-order valence-electron chi connectivity index (χ2n) is 5.78. The molecule has 2 aromatic carbocycles. The Balaban J connectivity index is 1.81. The van der Waals surface area contributed by atoms with E-state index in [2.05, 4.69) is 4.98 Å². The lowest BCUT2D eigenvalue weighted by atomic mass is 10.3. The number of nitrogens with zero attached hydrogens (tertiary/aromatic N) is 3. The lowest BCUT2D eigenvalue weighted by Crippen LogP contribution is -2.27. The number of benzene rings is 2. The van der Waals surface area contributed by atoms with Crippen LogP contribution in [0.25, 0.3) is 21.3 Å². The van der Waals surface area contributed by atoms with Gasteiger partial charge in [0, 0.05) is 0 Å². The largest absolute Gasteiger partial charge is 0.497 e. The van der Waals surface area contributed by atoms with Crippen molar-refractivity contribution in [2.24, 2.45) is 0 Å². The Labute approximate surface area is 151 Å². The average Bonchev–Trinajstić information content (AvgIpc) is 3.15. The van der Waals surface area contributed by atoms with Gasteiger partial charge in [-0.1, -0.05) is 12.1 Å². The molecule has 0 saturated heterocycles. The maximum absolute atomic E-state index is 12.8. The summed E-state index contributed by atoms with van der Waals surface area (Å²) in [7, 11) is 1.61. The fraction of sp³-hybridized carbons (Fsp3) is 0.167. The van der Waals surface area contributed by atoms with Crippen LogP contribution in [0.1, 0.15) is 5.01 Å². The first-order valence-electron chi connectivity index (χ1n) is 7.90. The summed E-state index contributed by atoms with van der Waals surface area (Å²) in [5.74, 6) is -0.301. The number of aromatic nitrogens is 3. The summed E-state index contributed by atoms with van der Waals surface area (Å²) in [4.78, 5) is 28.5. The number of rotatable bonds is 5. The van der Waals surface area contributed by atoms with Crippen LogP contribution < -0.4 is 10.4 Å². The van der Waals surface area contributed by atoms with E-state index in [0.29, 0.717) is 11.0 Å². The molecule has 2 heterocycles. The highest BCUT2D eigenvalue weighted by Crippen LogP contribution is 2.27. The molecule has 0 unspecified atom stereocenters. The first-order chi connectivity index (χ1) is 12.6. The highest BCUT2D eigenvalue weighted by Gasteiger charge is 2.16. The van der Waals surface area contributed by atoms with Crippen molar-refractivity contribution in [3.63, 3.8) is 0 Å². The maximum Gasteiger partial charge on any atom is 0.330 e. The molecule has 2 aromatic heterocycles. The number of thiazole rings is 1. The molecule has 4 rings (SSSR count). The van der Waals surface area contributed by atoms with Gasteiger partial charge in [0.2, 0.25) is 0 Å². The number of fused-ring (bicyclic) bond motifs is 2. The summed E-state index contributed by atoms with van der Waals surface area (Å²) in [5, 5.41) is 9.88. The zero-order chi connectivity index (χ0) is 18.3. The Bertz CT molecular complexity index is 1190. The minimum Gasteiger partial charge on any atom is -0.497 e. The molecule has 8 heteroatoms. The van der Waals surface area contributed by atoms with Gasteiger partial charge in [-0.2, -0.15) is 0 Å². The number of hydrogen-bond donors (Lipinski definition) is 1. The monoisotopic (exact) mass is 369 g/mol. The van der Waals surface area contributed by atoms with E-state index in [1.165, 1.54) is 15.9 Å². The molecule has 0 radical (unpaired) electrons. The van der Waals surface area contributed by atoms with Gasteiger partial charge in [0.25, 0.3) is 0 Å². The maximum atomic E-state index is 12.8. The highest BCUT2D eigenvalue weighted by molar-refractivity contribution is 7.18. The van der Waals surface area contributed by atoms with Crippen molar-refractivity contribution >= 4 is 38.6 Å². The van der Waals surface area contributed by atoms with Gasteiger partial charge >= 0.3 is 11.7 Å². The number of carboxylic acids is 1. The van der Waals surface area contributed by atoms with Gasteiger partial charge in [-0.3, -0.25) is 13.9 Å². The van der Waals surface area contributed by atoms with E-state index in [9.17, 15) is 9.59 Å². The number of imidazole rings is 1. The average molecular weight is 369 g/mol. The van der Waals surface area contributed by atoms with Gasteiger partial charge in [0.15, 0.2) is 0 Å². The Kier molecular flexibility index (Phi) is 3.96. The van der Waals surface area contributed by atoms with Gasteiger partial charge in [-0.05, 0) is 30.3 Å². The van der Waals surface area contributed by atoms with E-state index in [1.54, 1.807) is 23.8 Å². The summed E-state index contributed by atoms with van der Waals surface area (Å²) in [6, 6.07) is 12.8. The fourth-order valence-corrected chi connectivity index (χ4v) is 3.98. The topological polar surface area (TPSA) is 86.4 Å². The smallest absolute Gasteiger partial charge is 0.330 e. The molecule has 0 bridgehead atoms. The third kappa shape index (κ3) is 2.74.